The van der Waals surface area contributed by atoms with E-state index in [4.69, 9.17) is 27.0 Å². The fourth-order valence-electron chi connectivity index (χ4n) is 1.44. The minimum atomic E-state index is -3.74. The second-order valence-electron chi connectivity index (χ2n) is 3.78. The highest BCUT2D eigenvalue weighted by Crippen LogP contribution is 2.44. The average Bonchev–Trinajstić information content (AvgIpc) is 2.39. The van der Waals surface area contributed by atoms with E-state index in [1.54, 1.807) is 48.5 Å². The minimum absolute atomic E-state index is 0.166. The second-order valence-corrected chi connectivity index (χ2v) is 5.81. The molecule has 7 heteroatoms. The molecule has 0 unspecified atom stereocenters. The van der Waals surface area contributed by atoms with E-state index < -0.39 is 7.75 Å². The number of hydrogen-bond acceptors (Lipinski definition) is 4. The van der Waals surface area contributed by atoms with Gasteiger partial charge in [0, 0.05) is 0 Å². The fourth-order valence-corrected chi connectivity index (χ4v) is 2.97. The van der Waals surface area contributed by atoms with Crippen molar-refractivity contribution in [3.63, 3.8) is 0 Å². The van der Waals surface area contributed by atoms with Crippen molar-refractivity contribution in [3.8, 4) is 11.5 Å². The molecule has 20 heavy (non-hydrogen) atoms. The predicted octanol–water partition coefficient (Wildman–Crippen LogP) is 3.09. The van der Waals surface area contributed by atoms with Gasteiger partial charge in [-0.3, -0.25) is 0 Å². The Kier molecular flexibility index (Phi) is 4.61. The van der Waals surface area contributed by atoms with Crippen molar-refractivity contribution in [2.75, 3.05) is 0 Å². The van der Waals surface area contributed by atoms with Crippen LogP contribution in [0.15, 0.2) is 60.7 Å². The summed E-state index contributed by atoms with van der Waals surface area (Å²) in [5, 5.41) is 2.21. The maximum atomic E-state index is 12.6. The van der Waals surface area contributed by atoms with Crippen molar-refractivity contribution < 1.29 is 13.6 Å². The van der Waals surface area contributed by atoms with Gasteiger partial charge in [0.1, 0.15) is 11.5 Å². The van der Waals surface area contributed by atoms with E-state index in [1.807, 2.05) is 12.1 Å². The van der Waals surface area contributed by atoms with E-state index in [9.17, 15) is 4.57 Å². The quantitative estimate of drug-likeness (QED) is 0.653. The number of thiocarbonyl (C=S) groups is 1. The van der Waals surface area contributed by atoms with E-state index in [1.165, 1.54) is 0 Å². The molecule has 2 aromatic rings. The topological polar surface area (TPSA) is 73.6 Å². The Bertz CT molecular complexity index is 577. The highest BCUT2D eigenvalue weighted by Gasteiger charge is 2.29. The van der Waals surface area contributed by atoms with Crippen molar-refractivity contribution >= 4 is 25.1 Å². The summed E-state index contributed by atoms with van der Waals surface area (Å²) in [7, 11) is -3.74. The van der Waals surface area contributed by atoms with Gasteiger partial charge in [0.15, 0.2) is 5.11 Å². The lowest BCUT2D eigenvalue weighted by Crippen LogP contribution is -2.30. The third kappa shape index (κ3) is 4.26. The smallest absolute Gasteiger partial charge is 0.400 e. The molecule has 0 saturated heterocycles. The Morgan fingerprint density at radius 1 is 0.950 bits per heavy atom. The van der Waals surface area contributed by atoms with E-state index in [2.05, 4.69) is 5.09 Å². The van der Waals surface area contributed by atoms with Crippen molar-refractivity contribution in [1.29, 1.82) is 0 Å². The van der Waals surface area contributed by atoms with E-state index in [-0.39, 0.29) is 5.11 Å². The zero-order valence-corrected chi connectivity index (χ0v) is 12.1. The summed E-state index contributed by atoms with van der Waals surface area (Å²) in [5.41, 5.74) is 5.37. The van der Waals surface area contributed by atoms with Crippen LogP contribution < -0.4 is 19.9 Å². The molecule has 2 aromatic carbocycles. The Labute approximate surface area is 122 Å². The molecule has 2 rings (SSSR count). The number of hydrogen-bond donors (Lipinski definition) is 2. The van der Waals surface area contributed by atoms with Gasteiger partial charge in [0.2, 0.25) is 0 Å². The lowest BCUT2D eigenvalue weighted by atomic mass is 10.3. The van der Waals surface area contributed by atoms with Crippen LogP contribution in [0.3, 0.4) is 0 Å². The molecular weight excluding hydrogens is 295 g/mol. The van der Waals surface area contributed by atoms with Gasteiger partial charge in [0.25, 0.3) is 0 Å². The van der Waals surface area contributed by atoms with E-state index in [0.29, 0.717) is 11.5 Å². The Morgan fingerprint density at radius 2 is 1.35 bits per heavy atom. The second kappa shape index (κ2) is 6.41. The summed E-state index contributed by atoms with van der Waals surface area (Å²) in [6.07, 6.45) is 0. The highest BCUT2D eigenvalue weighted by atomic mass is 32.1. The van der Waals surface area contributed by atoms with Gasteiger partial charge < -0.3 is 14.8 Å². The van der Waals surface area contributed by atoms with Crippen LogP contribution in [-0.4, -0.2) is 5.11 Å². The fraction of sp³-hybridized carbons (Fsp3) is 0. The molecule has 0 saturated carbocycles. The largest absolute Gasteiger partial charge is 0.543 e. The van der Waals surface area contributed by atoms with Crippen LogP contribution in [0.2, 0.25) is 0 Å². The summed E-state index contributed by atoms with van der Waals surface area (Å²) in [4.78, 5) is 0. The van der Waals surface area contributed by atoms with Crippen LogP contribution in [0.5, 0.6) is 11.5 Å². The molecule has 0 atom stereocenters. The van der Waals surface area contributed by atoms with E-state index in [0.717, 1.165) is 0 Å². The third-order valence-corrected chi connectivity index (χ3v) is 3.86. The maximum absolute atomic E-state index is 12.6. The zero-order chi connectivity index (χ0) is 14.4. The first-order valence-electron chi connectivity index (χ1n) is 5.74. The molecule has 0 bridgehead atoms. The molecule has 5 nitrogen and oxygen atoms in total. The molecule has 0 aromatic heterocycles. The molecule has 0 radical (unpaired) electrons. The van der Waals surface area contributed by atoms with Gasteiger partial charge in [-0.15, -0.1) is 0 Å². The summed E-state index contributed by atoms with van der Waals surface area (Å²) < 4.78 is 23.4. The molecule has 0 heterocycles. The SMILES string of the molecule is NC(=S)NP(=O)(Oc1ccccc1)Oc1ccccc1. The molecule has 0 spiro atoms. The van der Waals surface area contributed by atoms with Gasteiger partial charge in [-0.2, -0.15) is 0 Å². The lowest BCUT2D eigenvalue weighted by molar-refractivity contribution is 0.380. The van der Waals surface area contributed by atoms with Crippen molar-refractivity contribution in [1.82, 2.24) is 5.09 Å². The van der Waals surface area contributed by atoms with Crippen LogP contribution in [-0.2, 0) is 4.57 Å². The Hall–Kier alpha value is -2.04. The lowest BCUT2D eigenvalue weighted by Gasteiger charge is -2.20. The number of rotatable bonds is 5. The normalized spacial score (nSPS) is 10.6. The van der Waals surface area contributed by atoms with Crippen LogP contribution in [0.1, 0.15) is 0 Å². The number of benzene rings is 2. The van der Waals surface area contributed by atoms with Crippen LogP contribution >= 0.6 is 20.0 Å². The van der Waals surface area contributed by atoms with Crippen LogP contribution in [0.4, 0.5) is 0 Å². The Balaban J connectivity index is 2.21. The molecule has 104 valence electrons. The Morgan fingerprint density at radius 3 is 1.70 bits per heavy atom. The summed E-state index contributed by atoms with van der Waals surface area (Å²) >= 11 is 4.71. The molecule has 3 N–H and O–H groups in total. The first-order valence-corrected chi connectivity index (χ1v) is 7.69. The molecule has 0 aliphatic carbocycles. The summed E-state index contributed by atoms with van der Waals surface area (Å²) in [5.74, 6) is 0.769. The van der Waals surface area contributed by atoms with Gasteiger partial charge in [-0.25, -0.2) is 9.65 Å². The predicted molar refractivity (Wildman–Crippen MR) is 81.7 cm³/mol. The van der Waals surface area contributed by atoms with Crippen LogP contribution in [0, 0.1) is 0 Å². The first-order chi connectivity index (χ1) is 9.57. The van der Waals surface area contributed by atoms with Gasteiger partial charge in [0.05, 0.1) is 0 Å². The van der Waals surface area contributed by atoms with Crippen molar-refractivity contribution in [3.05, 3.63) is 60.7 Å². The third-order valence-electron chi connectivity index (χ3n) is 2.18. The number of nitrogens with one attached hydrogen (secondary N) is 1. The zero-order valence-electron chi connectivity index (χ0n) is 10.4. The number of para-hydroxylation sites is 2. The monoisotopic (exact) mass is 308 g/mol. The first kappa shape index (κ1) is 14.4. The summed E-state index contributed by atoms with van der Waals surface area (Å²) in [6.45, 7) is 0. The van der Waals surface area contributed by atoms with Crippen molar-refractivity contribution in [2.24, 2.45) is 5.73 Å². The van der Waals surface area contributed by atoms with Crippen LogP contribution in [0.25, 0.3) is 0 Å². The molecule has 0 aliphatic rings. The van der Waals surface area contributed by atoms with Crippen molar-refractivity contribution in [2.45, 2.75) is 0 Å². The van der Waals surface area contributed by atoms with Gasteiger partial charge >= 0.3 is 7.75 Å². The number of nitrogens with two attached hydrogens (primary N) is 1. The van der Waals surface area contributed by atoms with Gasteiger partial charge in [-0.1, -0.05) is 36.4 Å². The molecule has 0 aliphatic heterocycles. The summed E-state index contributed by atoms with van der Waals surface area (Å²) in [6, 6.07) is 17.3. The van der Waals surface area contributed by atoms with E-state index >= 15 is 0 Å². The molecule has 0 amide bonds. The minimum Gasteiger partial charge on any atom is -0.400 e. The molecule has 0 fully saturated rings. The van der Waals surface area contributed by atoms with Gasteiger partial charge in [-0.05, 0) is 36.5 Å². The highest BCUT2D eigenvalue weighted by molar-refractivity contribution is 7.81. The standard InChI is InChI=1S/C13H13N2O3PS/c14-13(20)15-19(16,17-11-7-3-1-4-8-11)18-12-9-5-2-6-10-12/h1-10H,(H3,14,15,16,20). The maximum Gasteiger partial charge on any atom is 0.543 e. The molecular formula is C13H13N2O3PS. The average molecular weight is 308 g/mol.